The van der Waals surface area contributed by atoms with Crippen LogP contribution in [0.15, 0.2) is 18.5 Å². The molecule has 1 heterocycles. The molecule has 0 radical (unpaired) electrons. The van der Waals surface area contributed by atoms with Crippen molar-refractivity contribution in [1.29, 1.82) is 0 Å². The minimum Gasteiger partial charge on any atom is -0.340 e. The van der Waals surface area contributed by atoms with Gasteiger partial charge in [-0.1, -0.05) is 0 Å². The first-order chi connectivity index (χ1) is 8.96. The second-order valence-electron chi connectivity index (χ2n) is 5.49. The molecule has 0 unspecified atom stereocenters. The van der Waals surface area contributed by atoms with Crippen LogP contribution < -0.4 is 0 Å². The van der Waals surface area contributed by atoms with Gasteiger partial charge >= 0.3 is 0 Å². The number of likely N-dealkylation sites (N-methyl/N-ethyl adjacent to an activating group) is 2. The molecule has 0 bridgehead atoms. The van der Waals surface area contributed by atoms with E-state index < -0.39 is 5.82 Å². The number of halogens is 1. The number of hydrogen-bond acceptors (Lipinski definition) is 3. The Bertz CT molecular complexity index is 472. The molecule has 1 saturated carbocycles. The summed E-state index contributed by atoms with van der Waals surface area (Å²) in [6, 6.07) is 1.43. The quantitative estimate of drug-likeness (QED) is 0.832. The van der Waals surface area contributed by atoms with E-state index in [1.807, 2.05) is 14.1 Å². The van der Waals surface area contributed by atoms with Crippen LogP contribution in [-0.2, 0) is 0 Å². The van der Waals surface area contributed by atoms with Gasteiger partial charge in [0.2, 0.25) is 0 Å². The molecule has 0 N–H and O–H groups in total. The molecule has 1 aliphatic carbocycles. The molecule has 5 heteroatoms. The molecule has 1 aliphatic rings. The fraction of sp³-hybridized carbons (Fsp3) is 0.571. The second kappa shape index (κ2) is 5.25. The highest BCUT2D eigenvalue weighted by molar-refractivity contribution is 5.94. The van der Waals surface area contributed by atoms with E-state index in [0.29, 0.717) is 6.54 Å². The van der Waals surface area contributed by atoms with Crippen LogP contribution in [0.2, 0.25) is 0 Å². The summed E-state index contributed by atoms with van der Waals surface area (Å²) in [7, 11) is 5.79. The second-order valence-corrected chi connectivity index (χ2v) is 5.49. The lowest BCUT2D eigenvalue weighted by Crippen LogP contribution is -2.57. The zero-order valence-electron chi connectivity index (χ0n) is 11.7. The Labute approximate surface area is 113 Å². The molecule has 1 aromatic heterocycles. The Balaban J connectivity index is 2.10. The maximum atomic E-state index is 13.6. The first-order valence-electron chi connectivity index (χ1n) is 6.49. The molecule has 1 amide bonds. The van der Waals surface area contributed by atoms with Gasteiger partial charge in [0.15, 0.2) is 5.82 Å². The number of aromatic nitrogens is 1. The third-order valence-corrected chi connectivity index (χ3v) is 4.11. The van der Waals surface area contributed by atoms with E-state index in [1.54, 1.807) is 11.9 Å². The van der Waals surface area contributed by atoms with Gasteiger partial charge < -0.3 is 9.80 Å². The van der Waals surface area contributed by atoms with Gasteiger partial charge in [-0.15, -0.1) is 0 Å². The molecule has 4 nitrogen and oxygen atoms in total. The van der Waals surface area contributed by atoms with Crippen LogP contribution in [0.3, 0.4) is 0 Å². The van der Waals surface area contributed by atoms with Crippen molar-refractivity contribution >= 4 is 5.91 Å². The standard InChI is InChI=1S/C14H20FN3O/c1-17(2)14(6-4-7-14)10-18(3)13(19)11-5-8-16-9-12(11)15/h5,8-9H,4,6-7,10H2,1-3H3. The lowest BCUT2D eigenvalue weighted by atomic mass is 9.75. The molecule has 1 aromatic rings. The first kappa shape index (κ1) is 13.9. The maximum Gasteiger partial charge on any atom is 0.256 e. The van der Waals surface area contributed by atoms with Gasteiger partial charge in [-0.2, -0.15) is 0 Å². The van der Waals surface area contributed by atoms with Crippen molar-refractivity contribution in [2.45, 2.75) is 24.8 Å². The highest BCUT2D eigenvalue weighted by atomic mass is 19.1. The number of hydrogen-bond donors (Lipinski definition) is 0. The molecule has 104 valence electrons. The molecule has 2 rings (SSSR count). The third kappa shape index (κ3) is 2.61. The van der Waals surface area contributed by atoms with Crippen LogP contribution in [0.5, 0.6) is 0 Å². The fourth-order valence-corrected chi connectivity index (χ4v) is 2.60. The summed E-state index contributed by atoms with van der Waals surface area (Å²) in [5.74, 6) is -0.847. The van der Waals surface area contributed by atoms with Crippen LogP contribution in [0.1, 0.15) is 29.6 Å². The van der Waals surface area contributed by atoms with Crippen molar-refractivity contribution in [2.75, 3.05) is 27.7 Å². The summed E-state index contributed by atoms with van der Waals surface area (Å²) in [6.07, 6.45) is 5.86. The van der Waals surface area contributed by atoms with Crippen molar-refractivity contribution in [2.24, 2.45) is 0 Å². The third-order valence-electron chi connectivity index (χ3n) is 4.11. The average Bonchev–Trinajstić information content (AvgIpc) is 2.32. The molecular formula is C14H20FN3O. The van der Waals surface area contributed by atoms with Gasteiger partial charge in [0, 0.05) is 25.3 Å². The zero-order chi connectivity index (χ0) is 14.0. The molecule has 19 heavy (non-hydrogen) atoms. The highest BCUT2D eigenvalue weighted by Crippen LogP contribution is 2.36. The van der Waals surface area contributed by atoms with Crippen molar-refractivity contribution < 1.29 is 9.18 Å². The predicted molar refractivity (Wildman–Crippen MR) is 71.4 cm³/mol. The van der Waals surface area contributed by atoms with Gasteiger partial charge in [0.25, 0.3) is 5.91 Å². The van der Waals surface area contributed by atoms with Gasteiger partial charge in [0.05, 0.1) is 11.8 Å². The monoisotopic (exact) mass is 265 g/mol. The summed E-state index contributed by atoms with van der Waals surface area (Å²) < 4.78 is 13.6. The molecule has 0 aromatic carbocycles. The Morgan fingerprint density at radius 3 is 2.58 bits per heavy atom. The maximum absolute atomic E-state index is 13.6. The largest absolute Gasteiger partial charge is 0.340 e. The Morgan fingerprint density at radius 2 is 2.11 bits per heavy atom. The lowest BCUT2D eigenvalue weighted by molar-refractivity contribution is 0.0250. The Morgan fingerprint density at radius 1 is 1.42 bits per heavy atom. The number of nitrogens with zero attached hydrogens (tertiary/aromatic N) is 3. The first-order valence-corrected chi connectivity index (χ1v) is 6.49. The molecule has 0 saturated heterocycles. The molecular weight excluding hydrogens is 245 g/mol. The minimum atomic E-state index is -0.563. The molecule has 0 aliphatic heterocycles. The number of pyridine rings is 1. The Hall–Kier alpha value is -1.49. The van der Waals surface area contributed by atoms with Crippen LogP contribution in [0, 0.1) is 5.82 Å². The number of carbonyl (C=O) groups excluding carboxylic acids is 1. The summed E-state index contributed by atoms with van der Waals surface area (Å²) >= 11 is 0. The van der Waals surface area contributed by atoms with E-state index >= 15 is 0 Å². The van der Waals surface area contributed by atoms with Crippen molar-refractivity contribution in [3.63, 3.8) is 0 Å². The summed E-state index contributed by atoms with van der Waals surface area (Å²) in [4.78, 5) is 19.7. The summed E-state index contributed by atoms with van der Waals surface area (Å²) in [5, 5.41) is 0. The topological polar surface area (TPSA) is 36.4 Å². The van der Waals surface area contributed by atoms with Crippen molar-refractivity contribution in [3.8, 4) is 0 Å². The van der Waals surface area contributed by atoms with Crippen LogP contribution in [-0.4, -0.2) is 53.9 Å². The summed E-state index contributed by atoms with van der Waals surface area (Å²) in [6.45, 7) is 0.626. The number of rotatable bonds is 4. The highest BCUT2D eigenvalue weighted by Gasteiger charge is 2.40. The normalized spacial score (nSPS) is 17.1. The predicted octanol–water partition coefficient (Wildman–Crippen LogP) is 1.78. The van der Waals surface area contributed by atoms with Gasteiger partial charge in [0.1, 0.15) is 0 Å². The summed E-state index contributed by atoms with van der Waals surface area (Å²) in [5.41, 5.74) is 0.138. The van der Waals surface area contributed by atoms with E-state index in [-0.39, 0.29) is 17.0 Å². The van der Waals surface area contributed by atoms with E-state index in [4.69, 9.17) is 0 Å². The minimum absolute atomic E-state index is 0.0495. The van der Waals surface area contributed by atoms with Crippen LogP contribution in [0.4, 0.5) is 4.39 Å². The van der Waals surface area contributed by atoms with Crippen molar-refractivity contribution in [3.05, 3.63) is 29.8 Å². The van der Waals surface area contributed by atoms with E-state index in [1.165, 1.54) is 18.7 Å². The number of carbonyl (C=O) groups is 1. The molecule has 0 spiro atoms. The van der Waals surface area contributed by atoms with E-state index in [9.17, 15) is 9.18 Å². The molecule has 0 atom stereocenters. The van der Waals surface area contributed by atoms with Gasteiger partial charge in [-0.3, -0.25) is 9.78 Å². The van der Waals surface area contributed by atoms with Crippen LogP contribution in [0.25, 0.3) is 0 Å². The smallest absolute Gasteiger partial charge is 0.256 e. The molecule has 1 fully saturated rings. The average molecular weight is 265 g/mol. The lowest BCUT2D eigenvalue weighted by Gasteiger charge is -2.49. The van der Waals surface area contributed by atoms with Gasteiger partial charge in [-0.25, -0.2) is 4.39 Å². The fourth-order valence-electron chi connectivity index (χ4n) is 2.60. The number of amides is 1. The van der Waals surface area contributed by atoms with Gasteiger partial charge in [-0.05, 0) is 39.4 Å². The zero-order valence-corrected chi connectivity index (χ0v) is 11.7. The van der Waals surface area contributed by atoms with E-state index in [2.05, 4.69) is 9.88 Å². The van der Waals surface area contributed by atoms with Crippen LogP contribution >= 0.6 is 0 Å². The van der Waals surface area contributed by atoms with Crippen molar-refractivity contribution in [1.82, 2.24) is 14.8 Å². The SMILES string of the molecule is CN(CC1(N(C)C)CCC1)C(=O)c1ccncc1F. The van der Waals surface area contributed by atoms with E-state index in [0.717, 1.165) is 19.0 Å². The Kier molecular flexibility index (Phi) is 3.85.